The highest BCUT2D eigenvalue weighted by Gasteiger charge is 2.14. The Morgan fingerprint density at radius 2 is 1.83 bits per heavy atom. The third kappa shape index (κ3) is 4.21. The Labute approximate surface area is 141 Å². The van der Waals surface area contributed by atoms with Crippen molar-refractivity contribution in [3.63, 3.8) is 0 Å². The third-order valence-corrected chi connectivity index (χ3v) is 4.64. The zero-order valence-electron chi connectivity index (χ0n) is 13.2. The van der Waals surface area contributed by atoms with Gasteiger partial charge in [-0.1, -0.05) is 18.2 Å². The molecule has 2 aromatic rings. The summed E-state index contributed by atoms with van der Waals surface area (Å²) >= 11 is 0. The molecule has 0 bridgehead atoms. The van der Waals surface area contributed by atoms with Crippen molar-refractivity contribution < 1.29 is 17.9 Å². The van der Waals surface area contributed by atoms with Crippen LogP contribution in [0.15, 0.2) is 66.1 Å². The van der Waals surface area contributed by atoms with Crippen LogP contribution in [-0.2, 0) is 10.0 Å². The van der Waals surface area contributed by atoms with Crippen LogP contribution in [0.5, 0.6) is 5.75 Å². The van der Waals surface area contributed by atoms with E-state index in [1.807, 2.05) is 0 Å². The van der Waals surface area contributed by atoms with Gasteiger partial charge in [-0.05, 0) is 36.4 Å². The van der Waals surface area contributed by atoms with Crippen molar-refractivity contribution >= 4 is 21.6 Å². The predicted octanol–water partition coefficient (Wildman–Crippen LogP) is 2.41. The van der Waals surface area contributed by atoms with Gasteiger partial charge in [-0.3, -0.25) is 4.79 Å². The summed E-state index contributed by atoms with van der Waals surface area (Å²) in [6, 6.07) is 12.7. The number of carbonyl (C=O) groups excluding carboxylic acids is 1. The topological polar surface area (TPSA) is 84.5 Å². The Hall–Kier alpha value is -2.64. The van der Waals surface area contributed by atoms with Gasteiger partial charge in [0.1, 0.15) is 5.75 Å². The first-order valence-electron chi connectivity index (χ1n) is 7.13. The molecule has 0 saturated heterocycles. The van der Waals surface area contributed by atoms with E-state index in [1.54, 1.807) is 24.3 Å². The largest absolute Gasteiger partial charge is 0.495 e. The first kappa shape index (κ1) is 17.7. The van der Waals surface area contributed by atoms with Crippen LogP contribution in [0.2, 0.25) is 0 Å². The van der Waals surface area contributed by atoms with Gasteiger partial charge in [-0.2, -0.15) is 0 Å². The lowest BCUT2D eigenvalue weighted by molar-refractivity contribution is 0.102. The smallest absolute Gasteiger partial charge is 0.255 e. The fraction of sp³-hybridized carbons (Fsp3) is 0.118. The molecular formula is C17H18N2O4S. The van der Waals surface area contributed by atoms with E-state index in [9.17, 15) is 13.2 Å². The first-order chi connectivity index (χ1) is 11.5. The lowest BCUT2D eigenvalue weighted by Gasteiger charge is -2.10. The normalized spacial score (nSPS) is 10.9. The van der Waals surface area contributed by atoms with Gasteiger partial charge in [-0.25, -0.2) is 13.1 Å². The maximum Gasteiger partial charge on any atom is 0.255 e. The molecule has 0 aliphatic rings. The predicted molar refractivity (Wildman–Crippen MR) is 92.8 cm³/mol. The Bertz CT molecular complexity index is 830. The summed E-state index contributed by atoms with van der Waals surface area (Å²) in [6.07, 6.45) is 1.45. The van der Waals surface area contributed by atoms with Gasteiger partial charge >= 0.3 is 0 Å². The van der Waals surface area contributed by atoms with Crippen LogP contribution in [0, 0.1) is 0 Å². The standard InChI is InChI=1S/C17H18N2O4S/c1-3-12-18-24(21,22)14-10-8-13(9-11-14)17(20)19-15-6-4-5-7-16(15)23-2/h3-11,18H,1,12H2,2H3,(H,19,20). The van der Waals surface area contributed by atoms with Crippen LogP contribution in [0.3, 0.4) is 0 Å². The minimum Gasteiger partial charge on any atom is -0.495 e. The molecule has 1 amide bonds. The molecule has 0 radical (unpaired) electrons. The number of ether oxygens (including phenoxy) is 1. The molecule has 2 aromatic carbocycles. The molecular weight excluding hydrogens is 328 g/mol. The molecule has 24 heavy (non-hydrogen) atoms. The molecule has 0 aromatic heterocycles. The highest BCUT2D eigenvalue weighted by Crippen LogP contribution is 2.23. The van der Waals surface area contributed by atoms with E-state index in [4.69, 9.17) is 4.74 Å². The Kier molecular flexibility index (Phi) is 5.73. The number of benzene rings is 2. The van der Waals surface area contributed by atoms with Crippen molar-refractivity contribution in [2.45, 2.75) is 4.90 Å². The summed E-state index contributed by atoms with van der Waals surface area (Å²) < 4.78 is 31.5. The second-order valence-corrected chi connectivity index (χ2v) is 6.59. The monoisotopic (exact) mass is 346 g/mol. The molecule has 0 aliphatic carbocycles. The van der Waals surface area contributed by atoms with Crippen LogP contribution in [-0.4, -0.2) is 28.0 Å². The number of nitrogens with one attached hydrogen (secondary N) is 2. The van der Waals surface area contributed by atoms with E-state index in [-0.39, 0.29) is 17.3 Å². The SMILES string of the molecule is C=CCNS(=O)(=O)c1ccc(C(=O)Nc2ccccc2OC)cc1. The molecule has 7 heteroatoms. The van der Waals surface area contributed by atoms with Crippen LogP contribution >= 0.6 is 0 Å². The molecule has 0 fully saturated rings. The minimum atomic E-state index is -3.61. The van der Waals surface area contributed by atoms with Gasteiger partial charge in [0.05, 0.1) is 17.7 Å². The van der Waals surface area contributed by atoms with E-state index < -0.39 is 10.0 Å². The van der Waals surface area contributed by atoms with E-state index in [2.05, 4.69) is 16.6 Å². The highest BCUT2D eigenvalue weighted by molar-refractivity contribution is 7.89. The average molecular weight is 346 g/mol. The summed E-state index contributed by atoms with van der Waals surface area (Å²) in [5.74, 6) is 0.182. The van der Waals surface area contributed by atoms with Gasteiger partial charge in [-0.15, -0.1) is 6.58 Å². The van der Waals surface area contributed by atoms with Crippen LogP contribution in [0.4, 0.5) is 5.69 Å². The van der Waals surface area contributed by atoms with Gasteiger partial charge in [0.15, 0.2) is 0 Å². The van der Waals surface area contributed by atoms with Gasteiger partial charge in [0.25, 0.3) is 5.91 Å². The van der Waals surface area contributed by atoms with Gasteiger partial charge in [0.2, 0.25) is 10.0 Å². The number of hydrogen-bond acceptors (Lipinski definition) is 4. The van der Waals surface area contributed by atoms with Crippen molar-refractivity contribution in [1.29, 1.82) is 0 Å². The lowest BCUT2D eigenvalue weighted by Crippen LogP contribution is -2.23. The van der Waals surface area contributed by atoms with E-state index >= 15 is 0 Å². The highest BCUT2D eigenvalue weighted by atomic mass is 32.2. The summed E-state index contributed by atoms with van der Waals surface area (Å²) in [5.41, 5.74) is 0.873. The Morgan fingerprint density at radius 3 is 2.46 bits per heavy atom. The number of rotatable bonds is 7. The quantitative estimate of drug-likeness (QED) is 0.754. The van der Waals surface area contributed by atoms with E-state index in [0.717, 1.165) is 0 Å². The lowest BCUT2D eigenvalue weighted by atomic mass is 10.2. The Morgan fingerprint density at radius 1 is 1.17 bits per heavy atom. The number of amides is 1. The van der Waals surface area contributed by atoms with E-state index in [1.165, 1.54) is 37.5 Å². The number of carbonyl (C=O) groups is 1. The average Bonchev–Trinajstić information content (AvgIpc) is 2.60. The molecule has 6 nitrogen and oxygen atoms in total. The summed E-state index contributed by atoms with van der Waals surface area (Å²) in [7, 11) is -2.09. The zero-order valence-corrected chi connectivity index (χ0v) is 14.0. The molecule has 0 spiro atoms. The second kappa shape index (κ2) is 7.76. The van der Waals surface area contributed by atoms with Crippen molar-refractivity contribution in [3.8, 4) is 5.75 Å². The van der Waals surface area contributed by atoms with Crippen molar-refractivity contribution in [1.82, 2.24) is 4.72 Å². The van der Waals surface area contributed by atoms with Crippen LogP contribution in [0.1, 0.15) is 10.4 Å². The minimum absolute atomic E-state index is 0.0817. The van der Waals surface area contributed by atoms with Crippen LogP contribution in [0.25, 0.3) is 0 Å². The van der Waals surface area contributed by atoms with E-state index in [0.29, 0.717) is 17.0 Å². The number of anilines is 1. The summed E-state index contributed by atoms with van der Waals surface area (Å²) in [4.78, 5) is 12.4. The third-order valence-electron chi connectivity index (χ3n) is 3.20. The molecule has 2 N–H and O–H groups in total. The van der Waals surface area contributed by atoms with Crippen molar-refractivity contribution in [3.05, 3.63) is 66.7 Å². The molecule has 126 valence electrons. The maximum absolute atomic E-state index is 12.3. The number of methoxy groups -OCH3 is 1. The fourth-order valence-electron chi connectivity index (χ4n) is 1.98. The van der Waals surface area contributed by atoms with Crippen LogP contribution < -0.4 is 14.8 Å². The summed E-state index contributed by atoms with van der Waals surface area (Å²) in [6.45, 7) is 3.60. The number of hydrogen-bond donors (Lipinski definition) is 2. The molecule has 0 atom stereocenters. The Balaban J connectivity index is 2.15. The summed E-state index contributed by atoms with van der Waals surface area (Å²) in [5, 5.41) is 2.73. The zero-order chi connectivity index (χ0) is 17.6. The molecule has 0 unspecified atom stereocenters. The maximum atomic E-state index is 12.3. The number of sulfonamides is 1. The number of para-hydroxylation sites is 2. The van der Waals surface area contributed by atoms with Crippen molar-refractivity contribution in [2.24, 2.45) is 0 Å². The molecule has 0 aliphatic heterocycles. The molecule has 0 saturated carbocycles. The molecule has 2 rings (SSSR count). The van der Waals surface area contributed by atoms with Gasteiger partial charge < -0.3 is 10.1 Å². The first-order valence-corrected chi connectivity index (χ1v) is 8.61. The fourth-order valence-corrected chi connectivity index (χ4v) is 2.98. The van der Waals surface area contributed by atoms with Crippen molar-refractivity contribution in [2.75, 3.05) is 19.0 Å². The molecule has 0 heterocycles. The second-order valence-electron chi connectivity index (χ2n) is 4.82. The van der Waals surface area contributed by atoms with Gasteiger partial charge in [0, 0.05) is 12.1 Å².